The van der Waals surface area contributed by atoms with Gasteiger partial charge in [0.25, 0.3) is 0 Å². The van der Waals surface area contributed by atoms with Gasteiger partial charge in [0.15, 0.2) is 6.20 Å². The van der Waals surface area contributed by atoms with Gasteiger partial charge in [0.2, 0.25) is 5.69 Å². The van der Waals surface area contributed by atoms with Crippen molar-refractivity contribution in [2.24, 2.45) is 7.05 Å². The van der Waals surface area contributed by atoms with Crippen LogP contribution in [0.5, 0.6) is 0 Å². The SMILES string of the molecule is Cc1ccc(/C=C/c2cc(-c3ccccc3)c[n+](C)c2-c2ccccc2)cc1. The van der Waals surface area contributed by atoms with Gasteiger partial charge in [-0.1, -0.05) is 84.4 Å². The van der Waals surface area contributed by atoms with Crippen molar-refractivity contribution in [3.8, 4) is 22.4 Å². The van der Waals surface area contributed by atoms with Crippen LogP contribution in [0.3, 0.4) is 0 Å². The van der Waals surface area contributed by atoms with E-state index in [-0.39, 0.29) is 0 Å². The largest absolute Gasteiger partial charge is 0.219 e. The molecule has 0 bridgehead atoms. The number of hydrogen-bond donors (Lipinski definition) is 0. The molecule has 136 valence electrons. The summed E-state index contributed by atoms with van der Waals surface area (Å²) < 4.78 is 2.23. The summed E-state index contributed by atoms with van der Waals surface area (Å²) in [6.07, 6.45) is 6.62. The molecule has 4 rings (SSSR count). The van der Waals surface area contributed by atoms with Crippen LogP contribution in [-0.4, -0.2) is 0 Å². The zero-order valence-electron chi connectivity index (χ0n) is 16.3. The Labute approximate surface area is 167 Å². The van der Waals surface area contributed by atoms with Crippen LogP contribution in [0.25, 0.3) is 34.5 Å². The average Bonchev–Trinajstić information content (AvgIpc) is 2.74. The molecule has 0 aliphatic heterocycles. The van der Waals surface area contributed by atoms with E-state index in [1.165, 1.54) is 39.1 Å². The zero-order chi connectivity index (χ0) is 19.3. The number of aromatic nitrogens is 1. The molecule has 0 radical (unpaired) electrons. The van der Waals surface area contributed by atoms with Crippen molar-refractivity contribution in [3.05, 3.63) is 114 Å². The van der Waals surface area contributed by atoms with E-state index in [1.807, 2.05) is 0 Å². The van der Waals surface area contributed by atoms with Crippen molar-refractivity contribution < 1.29 is 4.57 Å². The third kappa shape index (κ3) is 3.94. The molecule has 0 unspecified atom stereocenters. The summed E-state index contributed by atoms with van der Waals surface area (Å²) in [5, 5.41) is 0. The molecular formula is C27H24N+. The second-order valence-electron chi connectivity index (χ2n) is 7.12. The monoisotopic (exact) mass is 362 g/mol. The van der Waals surface area contributed by atoms with E-state index in [9.17, 15) is 0 Å². The molecule has 0 spiro atoms. The van der Waals surface area contributed by atoms with Crippen molar-refractivity contribution in [3.63, 3.8) is 0 Å². The van der Waals surface area contributed by atoms with Gasteiger partial charge in [-0.05, 0) is 42.3 Å². The highest BCUT2D eigenvalue weighted by Crippen LogP contribution is 2.27. The van der Waals surface area contributed by atoms with Gasteiger partial charge in [-0.15, -0.1) is 0 Å². The van der Waals surface area contributed by atoms with Gasteiger partial charge >= 0.3 is 0 Å². The first-order valence-corrected chi connectivity index (χ1v) is 9.60. The van der Waals surface area contributed by atoms with Crippen molar-refractivity contribution >= 4 is 12.2 Å². The van der Waals surface area contributed by atoms with Crippen LogP contribution in [0.2, 0.25) is 0 Å². The summed E-state index contributed by atoms with van der Waals surface area (Å²) in [7, 11) is 2.12. The van der Waals surface area contributed by atoms with E-state index >= 15 is 0 Å². The summed E-state index contributed by atoms with van der Waals surface area (Å²) in [5.41, 5.74) is 8.55. The lowest BCUT2D eigenvalue weighted by Gasteiger charge is -2.08. The molecule has 3 aromatic carbocycles. The average molecular weight is 362 g/mol. The van der Waals surface area contributed by atoms with Gasteiger partial charge in [0, 0.05) is 16.7 Å². The van der Waals surface area contributed by atoms with Crippen LogP contribution in [-0.2, 0) is 7.05 Å². The molecule has 0 aliphatic carbocycles. The van der Waals surface area contributed by atoms with E-state index in [0.717, 1.165) is 0 Å². The smallest absolute Gasteiger partial charge is 0.200 e. The molecule has 1 heteroatoms. The maximum absolute atomic E-state index is 2.28. The summed E-state index contributed by atoms with van der Waals surface area (Å²) in [6.45, 7) is 2.12. The highest BCUT2D eigenvalue weighted by Gasteiger charge is 2.17. The van der Waals surface area contributed by atoms with Crippen molar-refractivity contribution in [1.82, 2.24) is 0 Å². The lowest BCUT2D eigenvalue weighted by Crippen LogP contribution is -2.31. The van der Waals surface area contributed by atoms with Crippen molar-refractivity contribution in [2.75, 3.05) is 0 Å². The predicted molar refractivity (Wildman–Crippen MR) is 119 cm³/mol. The minimum atomic E-state index is 1.20. The van der Waals surface area contributed by atoms with Crippen LogP contribution in [0.4, 0.5) is 0 Å². The van der Waals surface area contributed by atoms with Crippen LogP contribution in [0, 0.1) is 6.92 Å². The van der Waals surface area contributed by atoms with Crippen molar-refractivity contribution in [1.29, 1.82) is 0 Å². The summed E-state index contributed by atoms with van der Waals surface area (Å²) >= 11 is 0. The molecule has 1 heterocycles. The van der Waals surface area contributed by atoms with Crippen LogP contribution in [0.15, 0.2) is 97.2 Å². The first kappa shape index (κ1) is 17.9. The molecule has 0 atom stereocenters. The Balaban J connectivity index is 1.85. The molecule has 0 N–H and O–H groups in total. The fraction of sp³-hybridized carbons (Fsp3) is 0.0741. The summed E-state index contributed by atoms with van der Waals surface area (Å²) in [5.74, 6) is 0. The Kier molecular flexibility index (Phi) is 5.16. The highest BCUT2D eigenvalue weighted by molar-refractivity contribution is 5.80. The molecule has 1 aromatic heterocycles. The highest BCUT2D eigenvalue weighted by atomic mass is 14.9. The molecular weight excluding hydrogens is 338 g/mol. The van der Waals surface area contributed by atoms with Gasteiger partial charge in [0.05, 0.1) is 0 Å². The zero-order valence-corrected chi connectivity index (χ0v) is 16.3. The second-order valence-corrected chi connectivity index (χ2v) is 7.12. The van der Waals surface area contributed by atoms with E-state index in [4.69, 9.17) is 0 Å². The fourth-order valence-corrected chi connectivity index (χ4v) is 3.50. The lowest BCUT2D eigenvalue weighted by molar-refractivity contribution is -0.660. The Morgan fingerprint density at radius 3 is 1.89 bits per heavy atom. The van der Waals surface area contributed by atoms with E-state index < -0.39 is 0 Å². The third-order valence-corrected chi connectivity index (χ3v) is 4.96. The topological polar surface area (TPSA) is 3.88 Å². The maximum atomic E-state index is 2.28. The Morgan fingerprint density at radius 1 is 0.643 bits per heavy atom. The quantitative estimate of drug-likeness (QED) is 0.374. The third-order valence-electron chi connectivity index (χ3n) is 4.96. The minimum absolute atomic E-state index is 1.20. The summed E-state index contributed by atoms with van der Waals surface area (Å²) in [6, 6.07) is 32.0. The van der Waals surface area contributed by atoms with E-state index in [1.54, 1.807) is 0 Å². The van der Waals surface area contributed by atoms with Gasteiger partial charge in [-0.2, -0.15) is 4.57 Å². The van der Waals surface area contributed by atoms with Crippen LogP contribution >= 0.6 is 0 Å². The number of pyridine rings is 1. The van der Waals surface area contributed by atoms with Gasteiger partial charge in [-0.25, -0.2) is 0 Å². The lowest BCUT2D eigenvalue weighted by atomic mass is 9.99. The molecule has 0 aliphatic rings. The molecule has 0 saturated heterocycles. The normalized spacial score (nSPS) is 11.1. The molecule has 0 amide bonds. The second kappa shape index (κ2) is 8.06. The van der Waals surface area contributed by atoms with Gasteiger partial charge in [0.1, 0.15) is 7.05 Å². The summed E-state index contributed by atoms with van der Waals surface area (Å²) in [4.78, 5) is 0. The van der Waals surface area contributed by atoms with Crippen LogP contribution in [0.1, 0.15) is 16.7 Å². The number of benzene rings is 3. The van der Waals surface area contributed by atoms with E-state index in [0.29, 0.717) is 0 Å². The standard InChI is InChI=1S/C27H24N/c1-21-13-15-22(16-14-21)17-18-25-19-26(23-9-5-3-6-10-23)20-28(2)27(25)24-11-7-4-8-12-24/h3-20H,1-2H3/q+1/b18-17+. The molecule has 0 fully saturated rings. The maximum Gasteiger partial charge on any atom is 0.219 e. The number of hydrogen-bond acceptors (Lipinski definition) is 0. The Hall–Kier alpha value is -3.45. The Bertz CT molecular complexity index is 1090. The molecule has 4 aromatic rings. The van der Waals surface area contributed by atoms with E-state index in [2.05, 4.69) is 128 Å². The molecule has 1 nitrogen and oxygen atoms in total. The van der Waals surface area contributed by atoms with Gasteiger partial charge in [-0.3, -0.25) is 0 Å². The van der Waals surface area contributed by atoms with Gasteiger partial charge < -0.3 is 0 Å². The fourth-order valence-electron chi connectivity index (χ4n) is 3.50. The van der Waals surface area contributed by atoms with Crippen LogP contribution < -0.4 is 4.57 Å². The molecule has 0 saturated carbocycles. The van der Waals surface area contributed by atoms with Crippen molar-refractivity contribution in [2.45, 2.75) is 6.92 Å². The molecule has 28 heavy (non-hydrogen) atoms. The predicted octanol–water partition coefficient (Wildman–Crippen LogP) is 6.32. The number of nitrogens with zero attached hydrogens (tertiary/aromatic N) is 1. The first-order valence-electron chi connectivity index (χ1n) is 9.60. The first-order chi connectivity index (χ1) is 13.7. The Morgan fingerprint density at radius 2 is 1.25 bits per heavy atom. The number of rotatable bonds is 4. The number of aryl methyl sites for hydroxylation is 2. The minimum Gasteiger partial charge on any atom is -0.200 e.